The van der Waals surface area contributed by atoms with Gasteiger partial charge in [0.1, 0.15) is 11.9 Å². The van der Waals surface area contributed by atoms with Crippen LogP contribution in [0.5, 0.6) is 0 Å². The Hall–Kier alpha value is -1.46. The Morgan fingerprint density at radius 1 is 1.32 bits per heavy atom. The molecule has 0 aromatic carbocycles. The van der Waals surface area contributed by atoms with E-state index in [1.54, 1.807) is 6.20 Å². The first kappa shape index (κ1) is 14.0. The molecule has 0 aromatic rings. The number of allylic oxidation sites excluding steroid dienone is 2. The first-order valence-corrected chi connectivity index (χ1v) is 6.34. The molecule has 6 heteroatoms. The smallest absolute Gasteiger partial charge is 0.306 e. The number of rotatable bonds is 2. The average Bonchev–Trinajstić information content (AvgIpc) is 2.82. The van der Waals surface area contributed by atoms with Crippen LogP contribution in [0.4, 0.5) is 0 Å². The molecule has 0 aromatic heterocycles. The fourth-order valence-electron chi connectivity index (χ4n) is 2.88. The number of fused-ring (bicyclic) bond motifs is 1. The Bertz CT molecular complexity index is 488. The molecule has 102 valence electrons. The van der Waals surface area contributed by atoms with E-state index in [0.29, 0.717) is 5.92 Å². The van der Waals surface area contributed by atoms with Gasteiger partial charge in [0.15, 0.2) is 12.0 Å². The third-order valence-electron chi connectivity index (χ3n) is 3.94. The number of quaternary nitrogens is 1. The van der Waals surface area contributed by atoms with E-state index in [2.05, 4.69) is 9.98 Å². The lowest BCUT2D eigenvalue weighted by molar-refractivity contribution is -0.682. The number of carboxylic acid groups (broad SMARTS) is 1. The van der Waals surface area contributed by atoms with Crippen molar-refractivity contribution in [1.82, 2.24) is 0 Å². The summed E-state index contributed by atoms with van der Waals surface area (Å²) in [6, 6.07) is 0. The van der Waals surface area contributed by atoms with E-state index in [-0.39, 0.29) is 18.3 Å². The van der Waals surface area contributed by atoms with Crippen LogP contribution in [0.2, 0.25) is 0 Å². The molecule has 2 heterocycles. The Labute approximate surface area is 117 Å². The van der Waals surface area contributed by atoms with Gasteiger partial charge >= 0.3 is 5.97 Å². The Morgan fingerprint density at radius 3 is 2.74 bits per heavy atom. The number of carbonyl (C=O) groups is 1. The van der Waals surface area contributed by atoms with Crippen molar-refractivity contribution in [2.24, 2.45) is 21.8 Å². The van der Waals surface area contributed by atoms with E-state index >= 15 is 0 Å². The second-order valence-corrected chi connectivity index (χ2v) is 4.99. The lowest BCUT2D eigenvalue weighted by atomic mass is 9.80. The van der Waals surface area contributed by atoms with Crippen molar-refractivity contribution in [3.63, 3.8) is 0 Å². The minimum Gasteiger partial charge on any atom is -1.00 e. The largest absolute Gasteiger partial charge is 1.00 e. The van der Waals surface area contributed by atoms with Crippen molar-refractivity contribution in [3.05, 3.63) is 23.8 Å². The van der Waals surface area contributed by atoms with Crippen molar-refractivity contribution in [3.8, 4) is 0 Å². The number of hydrogen-bond donors (Lipinski definition) is 2. The third kappa shape index (κ3) is 2.62. The third-order valence-corrected chi connectivity index (χ3v) is 3.94. The quantitative estimate of drug-likeness (QED) is 0.591. The molecule has 1 fully saturated rings. The van der Waals surface area contributed by atoms with Crippen LogP contribution in [-0.4, -0.2) is 23.6 Å². The molecular formula is C13H16ClN3O2. The highest BCUT2D eigenvalue weighted by Gasteiger charge is 2.33. The average molecular weight is 282 g/mol. The van der Waals surface area contributed by atoms with Gasteiger partial charge in [-0.15, -0.1) is 0 Å². The summed E-state index contributed by atoms with van der Waals surface area (Å²) in [6.45, 7) is 0. The van der Waals surface area contributed by atoms with Crippen molar-refractivity contribution in [2.45, 2.75) is 25.7 Å². The zero-order valence-electron chi connectivity index (χ0n) is 10.4. The number of aliphatic imine (C=N–C) groups is 2. The molecule has 2 aliphatic heterocycles. The van der Waals surface area contributed by atoms with Crippen molar-refractivity contribution < 1.29 is 27.2 Å². The summed E-state index contributed by atoms with van der Waals surface area (Å²) in [7, 11) is 0. The van der Waals surface area contributed by atoms with Crippen LogP contribution in [0.25, 0.3) is 0 Å². The van der Waals surface area contributed by atoms with Gasteiger partial charge in [-0.3, -0.25) is 9.79 Å². The maximum atomic E-state index is 10.9. The van der Waals surface area contributed by atoms with E-state index in [1.165, 1.54) is 0 Å². The van der Waals surface area contributed by atoms with Crippen LogP contribution in [0.15, 0.2) is 33.8 Å². The fraction of sp³-hybridized carbons (Fsp3) is 0.462. The van der Waals surface area contributed by atoms with Crippen LogP contribution < -0.4 is 17.3 Å². The van der Waals surface area contributed by atoms with Gasteiger partial charge in [0, 0.05) is 5.92 Å². The van der Waals surface area contributed by atoms with E-state index in [9.17, 15) is 4.79 Å². The molecule has 1 aliphatic carbocycles. The van der Waals surface area contributed by atoms with Crippen LogP contribution in [0.1, 0.15) is 25.7 Å². The fourth-order valence-corrected chi connectivity index (χ4v) is 2.88. The normalized spacial score (nSPS) is 32.1. The predicted octanol–water partition coefficient (Wildman–Crippen LogP) is -2.42. The number of aliphatic carboxylic acids is 1. The summed E-state index contributed by atoms with van der Waals surface area (Å²) in [4.78, 5) is 20.7. The van der Waals surface area contributed by atoms with E-state index in [1.807, 2.05) is 18.8 Å². The number of nitrogens with one attached hydrogen (secondary N) is 1. The highest BCUT2D eigenvalue weighted by atomic mass is 35.5. The molecule has 0 radical (unpaired) electrons. The molecule has 0 bridgehead atoms. The van der Waals surface area contributed by atoms with Crippen LogP contribution >= 0.6 is 0 Å². The Kier molecular flexibility index (Phi) is 4.17. The van der Waals surface area contributed by atoms with Crippen molar-refractivity contribution in [2.75, 3.05) is 0 Å². The maximum absolute atomic E-state index is 10.9. The molecular weight excluding hydrogens is 266 g/mol. The second-order valence-electron chi connectivity index (χ2n) is 4.99. The van der Waals surface area contributed by atoms with Gasteiger partial charge in [-0.25, -0.2) is 9.89 Å². The molecule has 1 saturated carbocycles. The zero-order chi connectivity index (χ0) is 12.5. The number of nitrogens with zero attached hydrogens (tertiary/aromatic N) is 2. The lowest BCUT2D eigenvalue weighted by Crippen LogP contribution is -3.04. The monoisotopic (exact) mass is 281 g/mol. The standard InChI is InChI=1S/C13H15N3O2.ClH/c17-13(18)10-3-1-9(2-4-10)12-11-7-14-5-6-16(11)8-15-12;/h5-10H,1-4H2,(H,17,18);1H. The Morgan fingerprint density at radius 2 is 2.05 bits per heavy atom. The van der Waals surface area contributed by atoms with Gasteiger partial charge in [0.2, 0.25) is 0 Å². The zero-order valence-corrected chi connectivity index (χ0v) is 11.2. The molecule has 1 atom stereocenters. The SMILES string of the molecule is O=C(O)C1CCC(C2=C3C=NC=C[NH+]3C=N2)CC1.[Cl-]. The molecule has 3 aliphatic rings. The highest BCUT2D eigenvalue weighted by Crippen LogP contribution is 2.35. The summed E-state index contributed by atoms with van der Waals surface area (Å²) < 4.78 is 0. The molecule has 3 rings (SSSR count). The summed E-state index contributed by atoms with van der Waals surface area (Å²) in [5, 5.41) is 9.00. The van der Waals surface area contributed by atoms with Gasteiger partial charge in [0.05, 0.1) is 18.3 Å². The number of carboxylic acids is 1. The van der Waals surface area contributed by atoms with Gasteiger partial charge in [-0.1, -0.05) is 0 Å². The molecule has 0 saturated heterocycles. The number of hydrogen-bond acceptors (Lipinski definition) is 3. The first-order valence-electron chi connectivity index (χ1n) is 6.34. The van der Waals surface area contributed by atoms with Crippen molar-refractivity contribution >= 4 is 18.5 Å². The predicted molar refractivity (Wildman–Crippen MR) is 67.2 cm³/mol. The maximum Gasteiger partial charge on any atom is 0.306 e. The lowest BCUT2D eigenvalue weighted by Gasteiger charge is -2.25. The number of halogens is 1. The summed E-state index contributed by atoms with van der Waals surface area (Å²) in [6.07, 6.45) is 10.8. The molecule has 0 amide bonds. The molecule has 0 spiro atoms. The van der Waals surface area contributed by atoms with E-state index in [0.717, 1.165) is 42.0 Å². The highest BCUT2D eigenvalue weighted by molar-refractivity contribution is 5.81. The van der Waals surface area contributed by atoms with Crippen LogP contribution in [0, 0.1) is 11.8 Å². The van der Waals surface area contributed by atoms with Crippen molar-refractivity contribution in [1.29, 1.82) is 0 Å². The van der Waals surface area contributed by atoms with E-state index in [4.69, 9.17) is 5.11 Å². The van der Waals surface area contributed by atoms with Crippen LogP contribution in [0.3, 0.4) is 0 Å². The minimum atomic E-state index is -0.657. The first-order chi connectivity index (χ1) is 8.75. The molecule has 19 heavy (non-hydrogen) atoms. The minimum absolute atomic E-state index is 0. The molecule has 2 N–H and O–H groups in total. The Balaban J connectivity index is 0.00000133. The molecule has 1 unspecified atom stereocenters. The van der Waals surface area contributed by atoms with Gasteiger partial charge in [0.25, 0.3) is 0 Å². The van der Waals surface area contributed by atoms with Gasteiger partial charge in [-0.2, -0.15) is 0 Å². The van der Waals surface area contributed by atoms with Crippen LogP contribution in [-0.2, 0) is 4.79 Å². The summed E-state index contributed by atoms with van der Waals surface area (Å²) in [5.41, 5.74) is 2.22. The summed E-state index contributed by atoms with van der Waals surface area (Å²) in [5.74, 6) is -0.432. The molecule has 5 nitrogen and oxygen atoms in total. The second kappa shape index (κ2) is 5.67. The summed E-state index contributed by atoms with van der Waals surface area (Å²) >= 11 is 0. The van der Waals surface area contributed by atoms with Gasteiger partial charge in [-0.05, 0) is 25.7 Å². The topological polar surface area (TPSA) is 66.5 Å². The van der Waals surface area contributed by atoms with E-state index < -0.39 is 5.97 Å². The van der Waals surface area contributed by atoms with Gasteiger partial charge < -0.3 is 17.5 Å².